The van der Waals surface area contributed by atoms with Gasteiger partial charge in [-0.3, -0.25) is 0 Å². The fourth-order valence-corrected chi connectivity index (χ4v) is 3.58. The number of hydrogen-bond donors (Lipinski definition) is 0. The van der Waals surface area contributed by atoms with Gasteiger partial charge in [-0.15, -0.1) is 11.8 Å². The van der Waals surface area contributed by atoms with E-state index in [1.54, 1.807) is 12.1 Å². The summed E-state index contributed by atoms with van der Waals surface area (Å²) in [5.74, 6) is 0.559. The second kappa shape index (κ2) is 7.02. The molecular formula is C17H16N2O2S2. The third-order valence-corrected chi connectivity index (χ3v) is 4.95. The van der Waals surface area contributed by atoms with E-state index in [2.05, 4.69) is 5.10 Å². The van der Waals surface area contributed by atoms with Crippen LogP contribution in [0, 0.1) is 6.92 Å². The molecule has 1 atom stereocenters. The minimum atomic E-state index is -1.57. The highest BCUT2D eigenvalue weighted by Crippen LogP contribution is 2.33. The molecule has 0 fully saturated rings. The van der Waals surface area contributed by atoms with Crippen molar-refractivity contribution in [1.29, 1.82) is 0 Å². The Morgan fingerprint density at radius 1 is 1.04 bits per heavy atom. The van der Waals surface area contributed by atoms with Crippen molar-refractivity contribution >= 4 is 22.8 Å². The van der Waals surface area contributed by atoms with Gasteiger partial charge in [0.05, 0.1) is 16.3 Å². The number of para-hydroxylation sites is 1. The lowest BCUT2D eigenvalue weighted by Crippen LogP contribution is -2.03. The summed E-state index contributed by atoms with van der Waals surface area (Å²) in [6.45, 7) is 1.91. The highest BCUT2D eigenvalue weighted by Gasteiger charge is 2.19. The first-order chi connectivity index (χ1) is 11.2. The summed E-state index contributed by atoms with van der Waals surface area (Å²) >= 11 is -0.0954. The van der Waals surface area contributed by atoms with Crippen molar-refractivity contribution in [1.82, 2.24) is 9.78 Å². The minimum absolute atomic E-state index is 0.559. The molecule has 23 heavy (non-hydrogen) atoms. The summed E-state index contributed by atoms with van der Waals surface area (Å²) in [5.41, 5.74) is 1.77. The monoisotopic (exact) mass is 344 g/mol. The van der Waals surface area contributed by atoms with Gasteiger partial charge in [-0.1, -0.05) is 36.4 Å². The predicted molar refractivity (Wildman–Crippen MR) is 93.6 cm³/mol. The topological polar surface area (TPSA) is 44.1 Å². The summed E-state index contributed by atoms with van der Waals surface area (Å²) in [6.07, 6.45) is 1.93. The molecule has 6 heteroatoms. The zero-order chi connectivity index (χ0) is 16.2. The zero-order valence-electron chi connectivity index (χ0n) is 12.8. The van der Waals surface area contributed by atoms with Gasteiger partial charge >= 0.3 is 0 Å². The van der Waals surface area contributed by atoms with E-state index in [4.69, 9.17) is 4.18 Å². The van der Waals surface area contributed by atoms with Gasteiger partial charge in [-0.25, -0.2) is 8.89 Å². The van der Waals surface area contributed by atoms with E-state index < -0.39 is 11.1 Å². The van der Waals surface area contributed by atoms with Gasteiger partial charge in [0.15, 0.2) is 10.8 Å². The fourth-order valence-electron chi connectivity index (χ4n) is 2.17. The van der Waals surface area contributed by atoms with E-state index in [9.17, 15) is 4.21 Å². The highest BCUT2D eigenvalue weighted by molar-refractivity contribution is 7.98. The molecule has 0 aliphatic carbocycles. The normalized spacial score (nSPS) is 12.1. The molecule has 118 valence electrons. The average Bonchev–Trinajstić information content (AvgIpc) is 2.92. The van der Waals surface area contributed by atoms with Crippen molar-refractivity contribution in [3.63, 3.8) is 0 Å². The Morgan fingerprint density at radius 2 is 1.65 bits per heavy atom. The van der Waals surface area contributed by atoms with Gasteiger partial charge in [0.2, 0.25) is 11.1 Å². The molecule has 0 N–H and O–H groups in total. The maximum Gasteiger partial charge on any atom is 0.240 e. The SMILES string of the molecule is CSc1nn(-c2ccccc2)c(C)c1OS(=O)c1ccccc1. The van der Waals surface area contributed by atoms with Gasteiger partial charge in [0, 0.05) is 0 Å². The molecule has 0 amide bonds. The Balaban J connectivity index is 1.96. The molecule has 2 aromatic carbocycles. The van der Waals surface area contributed by atoms with E-state index in [0.717, 1.165) is 16.4 Å². The van der Waals surface area contributed by atoms with Crippen molar-refractivity contribution in [2.24, 2.45) is 0 Å². The van der Waals surface area contributed by atoms with E-state index in [1.807, 2.05) is 66.4 Å². The third-order valence-electron chi connectivity index (χ3n) is 3.32. The fraction of sp³-hybridized carbons (Fsp3) is 0.118. The predicted octanol–water partition coefficient (Wildman–Crippen LogP) is 4.00. The van der Waals surface area contributed by atoms with Crippen LogP contribution in [0.5, 0.6) is 5.75 Å². The number of rotatable bonds is 5. The van der Waals surface area contributed by atoms with Gasteiger partial charge in [0.25, 0.3) is 0 Å². The smallest absolute Gasteiger partial charge is 0.240 e. The first-order valence-electron chi connectivity index (χ1n) is 7.05. The van der Waals surface area contributed by atoms with E-state index in [-0.39, 0.29) is 0 Å². The van der Waals surface area contributed by atoms with Crippen molar-refractivity contribution in [3.05, 3.63) is 66.4 Å². The van der Waals surface area contributed by atoms with Crippen molar-refractivity contribution in [2.45, 2.75) is 16.8 Å². The van der Waals surface area contributed by atoms with Crippen LogP contribution in [0.1, 0.15) is 5.69 Å². The van der Waals surface area contributed by atoms with Crippen LogP contribution in [0.4, 0.5) is 0 Å². The molecule has 0 saturated heterocycles. The maximum atomic E-state index is 12.4. The molecule has 0 aliphatic rings. The second-order valence-corrected chi connectivity index (χ2v) is 6.70. The van der Waals surface area contributed by atoms with Crippen molar-refractivity contribution < 1.29 is 8.39 Å². The zero-order valence-corrected chi connectivity index (χ0v) is 14.4. The summed E-state index contributed by atoms with van der Waals surface area (Å²) in [4.78, 5) is 0.631. The lowest BCUT2D eigenvalue weighted by Gasteiger charge is -2.06. The Morgan fingerprint density at radius 3 is 2.26 bits per heavy atom. The Hall–Kier alpha value is -2.05. The number of nitrogens with zero attached hydrogens (tertiary/aromatic N) is 2. The highest BCUT2D eigenvalue weighted by atomic mass is 32.2. The molecule has 3 aromatic rings. The number of thioether (sulfide) groups is 1. The summed E-state index contributed by atoms with van der Waals surface area (Å²) in [5, 5.41) is 5.28. The van der Waals surface area contributed by atoms with Gasteiger partial charge in [-0.05, 0) is 37.4 Å². The molecular weight excluding hydrogens is 328 g/mol. The average molecular weight is 344 g/mol. The largest absolute Gasteiger partial charge is 0.392 e. The maximum absolute atomic E-state index is 12.4. The quantitative estimate of drug-likeness (QED) is 0.656. The molecule has 0 saturated carbocycles. The van der Waals surface area contributed by atoms with Crippen LogP contribution in [-0.2, 0) is 11.1 Å². The Kier molecular flexibility index (Phi) is 4.83. The number of hydrogen-bond acceptors (Lipinski definition) is 4. The van der Waals surface area contributed by atoms with Crippen LogP contribution in [0.25, 0.3) is 5.69 Å². The van der Waals surface area contributed by atoms with Crippen LogP contribution in [0.3, 0.4) is 0 Å². The van der Waals surface area contributed by atoms with Crippen molar-refractivity contribution in [2.75, 3.05) is 6.26 Å². The second-order valence-electron chi connectivity index (χ2n) is 4.80. The standard InChI is InChI=1S/C17H16N2O2S2/c1-13-16(21-23(20)15-11-7-4-8-12-15)17(22-2)18-19(13)14-9-5-3-6-10-14/h3-12H,1-2H3. The van der Waals surface area contributed by atoms with E-state index >= 15 is 0 Å². The summed E-state index contributed by atoms with van der Waals surface area (Å²) < 4.78 is 20.0. The molecule has 1 heterocycles. The number of benzene rings is 2. The first-order valence-corrected chi connectivity index (χ1v) is 9.35. The molecule has 4 nitrogen and oxygen atoms in total. The van der Waals surface area contributed by atoms with Crippen LogP contribution in [-0.4, -0.2) is 20.2 Å². The third kappa shape index (κ3) is 3.33. The summed E-state index contributed by atoms with van der Waals surface area (Å²) in [7, 11) is 0. The number of aromatic nitrogens is 2. The molecule has 0 spiro atoms. The van der Waals surface area contributed by atoms with Gasteiger partial charge in [-0.2, -0.15) is 5.10 Å². The van der Waals surface area contributed by atoms with Crippen LogP contribution >= 0.6 is 11.8 Å². The Labute approximate surface area is 142 Å². The molecule has 3 rings (SSSR count). The lowest BCUT2D eigenvalue weighted by molar-refractivity contribution is 0.549. The van der Waals surface area contributed by atoms with Crippen LogP contribution < -0.4 is 4.18 Å². The first kappa shape index (κ1) is 15.8. The van der Waals surface area contributed by atoms with Crippen LogP contribution in [0.15, 0.2) is 70.6 Å². The summed E-state index contributed by atoms with van der Waals surface area (Å²) in [6, 6.07) is 18.9. The molecule has 1 aromatic heterocycles. The van der Waals surface area contributed by atoms with E-state index in [0.29, 0.717) is 10.6 Å². The lowest BCUT2D eigenvalue weighted by atomic mass is 10.3. The molecule has 0 bridgehead atoms. The van der Waals surface area contributed by atoms with Gasteiger partial charge < -0.3 is 4.18 Å². The molecule has 1 unspecified atom stereocenters. The minimum Gasteiger partial charge on any atom is -0.392 e. The van der Waals surface area contributed by atoms with Crippen molar-refractivity contribution in [3.8, 4) is 11.4 Å². The Bertz CT molecular complexity index is 817. The van der Waals surface area contributed by atoms with Gasteiger partial charge in [0.1, 0.15) is 0 Å². The molecule has 0 aliphatic heterocycles. The van der Waals surface area contributed by atoms with E-state index in [1.165, 1.54) is 11.8 Å². The molecule has 0 radical (unpaired) electrons. The van der Waals surface area contributed by atoms with Crippen LogP contribution in [0.2, 0.25) is 0 Å².